The van der Waals surface area contributed by atoms with Crippen molar-refractivity contribution in [3.8, 4) is 0 Å². The van der Waals surface area contributed by atoms with Gasteiger partial charge in [0.05, 0.1) is 24.0 Å². The van der Waals surface area contributed by atoms with Gasteiger partial charge in [-0.25, -0.2) is 0 Å². The average Bonchev–Trinajstić information content (AvgIpc) is 2.87. The molecular weight excluding hydrogens is 327 g/mol. The zero-order chi connectivity index (χ0) is 11.8. The molecule has 17 heavy (non-hydrogen) atoms. The number of aryl methyl sites for hydroxylation is 1. The second kappa shape index (κ2) is 4.14. The fourth-order valence-electron chi connectivity index (χ4n) is 1.87. The van der Waals surface area contributed by atoms with Crippen LogP contribution in [0.3, 0.4) is 0 Å². The number of hydrogen-bond acceptors (Lipinski definition) is 2. The number of rotatable bonds is 2. The lowest BCUT2D eigenvalue weighted by molar-refractivity contribution is 0.667. The van der Waals surface area contributed by atoms with Crippen LogP contribution >= 0.6 is 22.6 Å². The minimum Gasteiger partial charge on any atom is -0.275 e. The summed E-state index contributed by atoms with van der Waals surface area (Å²) in [6.45, 7) is 0.713. The molecule has 0 atom stereocenters. The van der Waals surface area contributed by atoms with Gasteiger partial charge in [-0.3, -0.25) is 9.36 Å². The van der Waals surface area contributed by atoms with Crippen LogP contribution in [0.15, 0.2) is 36.7 Å². The van der Waals surface area contributed by atoms with Gasteiger partial charge >= 0.3 is 0 Å². The number of fused-ring (bicyclic) bond motifs is 1. The summed E-state index contributed by atoms with van der Waals surface area (Å²) in [6, 6.07) is 8.35. The monoisotopic (exact) mass is 338 g/mol. The van der Waals surface area contributed by atoms with Crippen molar-refractivity contribution in [2.24, 2.45) is 7.05 Å². The van der Waals surface area contributed by atoms with Gasteiger partial charge in [0.15, 0.2) is 0 Å². The molecule has 2 aromatic heterocycles. The second-order valence-corrected chi connectivity index (χ2v) is 5.23. The minimum absolute atomic E-state index is 0.713. The second-order valence-electron chi connectivity index (χ2n) is 3.99. The summed E-state index contributed by atoms with van der Waals surface area (Å²) in [7, 11) is 1.92. The molecule has 4 nitrogen and oxygen atoms in total. The van der Waals surface area contributed by atoms with E-state index in [1.54, 1.807) is 0 Å². The highest BCUT2D eigenvalue weighted by Crippen LogP contribution is 2.17. The molecule has 0 aliphatic heterocycles. The molecular formula is C12H11IN4. The van der Waals surface area contributed by atoms with E-state index in [-0.39, 0.29) is 0 Å². The summed E-state index contributed by atoms with van der Waals surface area (Å²) in [5.41, 5.74) is 2.18. The Hall–Kier alpha value is -1.37. The third-order valence-electron chi connectivity index (χ3n) is 2.69. The molecule has 2 heterocycles. The van der Waals surface area contributed by atoms with Crippen LogP contribution in [-0.2, 0) is 13.6 Å². The highest BCUT2D eigenvalue weighted by atomic mass is 127. The van der Waals surface area contributed by atoms with Crippen LogP contribution in [0.1, 0.15) is 5.69 Å². The summed E-state index contributed by atoms with van der Waals surface area (Å²) in [5, 5.41) is 9.94. The summed E-state index contributed by atoms with van der Waals surface area (Å²) < 4.78 is 5.02. The predicted octanol–water partition coefficient (Wildman–Crippen LogP) is 2.42. The number of halogens is 1. The summed E-state index contributed by atoms with van der Waals surface area (Å²) >= 11 is 2.32. The zero-order valence-corrected chi connectivity index (χ0v) is 11.5. The Morgan fingerprint density at radius 2 is 2.18 bits per heavy atom. The summed E-state index contributed by atoms with van der Waals surface area (Å²) in [4.78, 5) is 0. The molecule has 0 fully saturated rings. The van der Waals surface area contributed by atoms with Gasteiger partial charge in [-0.2, -0.15) is 10.2 Å². The highest BCUT2D eigenvalue weighted by Gasteiger charge is 2.05. The van der Waals surface area contributed by atoms with Gasteiger partial charge in [0.25, 0.3) is 0 Å². The fraction of sp³-hybridized carbons (Fsp3) is 0.167. The number of nitrogens with zero attached hydrogens (tertiary/aromatic N) is 4. The molecule has 0 saturated carbocycles. The maximum Gasteiger partial charge on any atom is 0.0857 e. The van der Waals surface area contributed by atoms with Crippen molar-refractivity contribution < 1.29 is 0 Å². The van der Waals surface area contributed by atoms with Gasteiger partial charge < -0.3 is 0 Å². The molecule has 0 aliphatic rings. The van der Waals surface area contributed by atoms with E-state index in [2.05, 4.69) is 51.0 Å². The maximum atomic E-state index is 4.41. The first-order valence-electron chi connectivity index (χ1n) is 5.32. The third-order valence-corrected chi connectivity index (χ3v) is 3.36. The van der Waals surface area contributed by atoms with Crippen LogP contribution in [-0.4, -0.2) is 19.6 Å². The lowest BCUT2D eigenvalue weighted by Gasteiger charge is -2.01. The molecule has 0 N–H and O–H groups in total. The highest BCUT2D eigenvalue weighted by molar-refractivity contribution is 14.1. The quantitative estimate of drug-likeness (QED) is 0.673. The Bertz CT molecular complexity index is 668. The van der Waals surface area contributed by atoms with E-state index < -0.39 is 0 Å². The van der Waals surface area contributed by atoms with Crippen LogP contribution < -0.4 is 0 Å². The first kappa shape index (κ1) is 10.8. The first-order valence-corrected chi connectivity index (χ1v) is 6.40. The molecule has 0 amide bonds. The van der Waals surface area contributed by atoms with E-state index in [0.717, 1.165) is 11.2 Å². The van der Waals surface area contributed by atoms with E-state index in [1.165, 1.54) is 8.96 Å². The molecule has 0 spiro atoms. The molecule has 0 saturated heterocycles. The lowest BCUT2D eigenvalue weighted by Crippen LogP contribution is -2.02. The summed E-state index contributed by atoms with van der Waals surface area (Å²) in [6.07, 6.45) is 3.85. The Morgan fingerprint density at radius 1 is 1.29 bits per heavy atom. The van der Waals surface area contributed by atoms with E-state index in [9.17, 15) is 0 Å². The SMILES string of the molecule is Cn1ccc(Cn2ncc3ccc(I)cc32)n1. The zero-order valence-electron chi connectivity index (χ0n) is 9.34. The van der Waals surface area contributed by atoms with Crippen molar-refractivity contribution in [1.82, 2.24) is 19.6 Å². The average molecular weight is 338 g/mol. The minimum atomic E-state index is 0.713. The largest absolute Gasteiger partial charge is 0.275 e. The van der Waals surface area contributed by atoms with E-state index in [1.807, 2.05) is 34.9 Å². The van der Waals surface area contributed by atoms with Crippen LogP contribution in [0, 0.1) is 3.57 Å². The molecule has 0 radical (unpaired) electrons. The molecule has 3 rings (SSSR count). The topological polar surface area (TPSA) is 35.6 Å². The maximum absolute atomic E-state index is 4.41. The standard InChI is InChI=1S/C12H11IN4/c1-16-5-4-11(15-16)8-17-12-6-10(13)3-2-9(12)7-14-17/h2-7H,8H2,1H3. The van der Waals surface area contributed by atoms with Crippen molar-refractivity contribution in [2.75, 3.05) is 0 Å². The lowest BCUT2D eigenvalue weighted by atomic mass is 10.2. The Balaban J connectivity index is 2.03. The van der Waals surface area contributed by atoms with Crippen molar-refractivity contribution in [3.05, 3.63) is 45.9 Å². The molecule has 3 aromatic rings. The van der Waals surface area contributed by atoms with Crippen LogP contribution in [0.5, 0.6) is 0 Å². The number of hydrogen-bond donors (Lipinski definition) is 0. The van der Waals surface area contributed by atoms with Crippen molar-refractivity contribution >= 4 is 33.5 Å². The third kappa shape index (κ3) is 2.06. The molecule has 0 bridgehead atoms. The van der Waals surface area contributed by atoms with Crippen LogP contribution in [0.4, 0.5) is 0 Å². The van der Waals surface area contributed by atoms with Crippen molar-refractivity contribution in [2.45, 2.75) is 6.54 Å². The summed E-state index contributed by atoms with van der Waals surface area (Å²) in [5.74, 6) is 0. The Morgan fingerprint density at radius 3 is 2.94 bits per heavy atom. The van der Waals surface area contributed by atoms with Gasteiger partial charge in [0.2, 0.25) is 0 Å². The fourth-order valence-corrected chi connectivity index (χ4v) is 2.35. The van der Waals surface area contributed by atoms with E-state index >= 15 is 0 Å². The van der Waals surface area contributed by atoms with Gasteiger partial charge in [-0.05, 0) is 40.8 Å². The van der Waals surface area contributed by atoms with Gasteiger partial charge in [0.1, 0.15) is 0 Å². The molecule has 86 valence electrons. The number of benzene rings is 1. The molecule has 1 aromatic carbocycles. The van der Waals surface area contributed by atoms with Gasteiger partial charge in [0, 0.05) is 22.2 Å². The van der Waals surface area contributed by atoms with Gasteiger partial charge in [-0.1, -0.05) is 6.07 Å². The van der Waals surface area contributed by atoms with Gasteiger partial charge in [-0.15, -0.1) is 0 Å². The molecule has 0 aliphatic carbocycles. The number of aromatic nitrogens is 4. The first-order chi connectivity index (χ1) is 8.22. The van der Waals surface area contributed by atoms with E-state index in [0.29, 0.717) is 6.54 Å². The van der Waals surface area contributed by atoms with Crippen molar-refractivity contribution in [3.63, 3.8) is 0 Å². The molecule has 0 unspecified atom stereocenters. The Labute approximate surface area is 112 Å². The normalized spacial score (nSPS) is 11.2. The van der Waals surface area contributed by atoms with Crippen LogP contribution in [0.25, 0.3) is 10.9 Å². The molecule has 5 heteroatoms. The van der Waals surface area contributed by atoms with E-state index in [4.69, 9.17) is 0 Å². The van der Waals surface area contributed by atoms with Crippen molar-refractivity contribution in [1.29, 1.82) is 0 Å². The van der Waals surface area contributed by atoms with Crippen LogP contribution in [0.2, 0.25) is 0 Å². The smallest absolute Gasteiger partial charge is 0.0857 e. The predicted molar refractivity (Wildman–Crippen MR) is 74.8 cm³/mol. The Kier molecular flexibility index (Phi) is 2.62.